The maximum atomic E-state index is 11.2. The number of rotatable bonds is 7. The lowest BCUT2D eigenvalue weighted by atomic mass is 10.0. The zero-order chi connectivity index (χ0) is 13.4. The molecule has 0 spiro atoms. The summed E-state index contributed by atoms with van der Waals surface area (Å²) < 4.78 is 4.64. The molecule has 0 aliphatic carbocycles. The highest BCUT2D eigenvalue weighted by Crippen LogP contribution is 2.11. The van der Waals surface area contributed by atoms with Gasteiger partial charge < -0.3 is 9.84 Å². The van der Waals surface area contributed by atoms with Crippen LogP contribution >= 0.6 is 0 Å². The minimum atomic E-state index is -0.306. The van der Waals surface area contributed by atoms with Crippen molar-refractivity contribution in [3.63, 3.8) is 0 Å². The van der Waals surface area contributed by atoms with Crippen molar-refractivity contribution in [1.82, 2.24) is 0 Å². The molecule has 1 N–H and O–H groups in total. The van der Waals surface area contributed by atoms with E-state index in [-0.39, 0.29) is 12.1 Å². The third kappa shape index (κ3) is 4.88. The number of benzene rings is 1. The van der Waals surface area contributed by atoms with Gasteiger partial charge in [0.25, 0.3) is 0 Å². The molecule has 1 aromatic carbocycles. The lowest BCUT2D eigenvalue weighted by Gasteiger charge is -2.08. The van der Waals surface area contributed by atoms with E-state index in [4.69, 9.17) is 0 Å². The van der Waals surface area contributed by atoms with Gasteiger partial charge in [-0.15, -0.1) is 0 Å². The Morgan fingerprint density at radius 1 is 1.28 bits per heavy atom. The van der Waals surface area contributed by atoms with Crippen molar-refractivity contribution in [2.45, 2.75) is 45.1 Å². The Labute approximate surface area is 109 Å². The first-order valence-corrected chi connectivity index (χ1v) is 6.52. The molecule has 0 aromatic heterocycles. The highest BCUT2D eigenvalue weighted by Gasteiger charge is 2.05. The monoisotopic (exact) mass is 250 g/mol. The van der Waals surface area contributed by atoms with Crippen LogP contribution in [0.4, 0.5) is 0 Å². The van der Waals surface area contributed by atoms with Crippen LogP contribution in [0.1, 0.15) is 48.5 Å². The van der Waals surface area contributed by atoms with Crippen LogP contribution in [0.2, 0.25) is 0 Å². The summed E-state index contributed by atoms with van der Waals surface area (Å²) in [5.74, 6) is -0.306. The van der Waals surface area contributed by atoms with Crippen molar-refractivity contribution in [2.75, 3.05) is 7.11 Å². The molecule has 0 radical (unpaired) electrons. The van der Waals surface area contributed by atoms with Crippen LogP contribution in [-0.4, -0.2) is 24.3 Å². The number of methoxy groups -OCH3 is 1. The molecule has 0 bridgehead atoms. The minimum Gasteiger partial charge on any atom is -0.465 e. The van der Waals surface area contributed by atoms with Crippen molar-refractivity contribution >= 4 is 5.97 Å². The molecule has 3 nitrogen and oxygen atoms in total. The number of carbonyl (C=O) groups excluding carboxylic acids is 1. The van der Waals surface area contributed by atoms with Gasteiger partial charge in [0.15, 0.2) is 0 Å². The van der Waals surface area contributed by atoms with Crippen LogP contribution in [0, 0.1) is 0 Å². The Morgan fingerprint density at radius 3 is 2.50 bits per heavy atom. The average molecular weight is 250 g/mol. The Hall–Kier alpha value is -1.35. The summed E-state index contributed by atoms with van der Waals surface area (Å²) >= 11 is 0. The molecule has 0 saturated heterocycles. The largest absolute Gasteiger partial charge is 0.465 e. The summed E-state index contributed by atoms with van der Waals surface area (Å²) in [6.07, 6.45) is 4.47. The van der Waals surface area contributed by atoms with Crippen molar-refractivity contribution in [1.29, 1.82) is 0 Å². The summed E-state index contributed by atoms with van der Waals surface area (Å²) in [6.45, 7) is 2.08. The van der Waals surface area contributed by atoms with E-state index in [1.54, 1.807) is 12.1 Å². The second-order valence-electron chi connectivity index (χ2n) is 4.52. The van der Waals surface area contributed by atoms with E-state index < -0.39 is 0 Å². The number of esters is 1. The number of ether oxygens (including phenoxy) is 1. The summed E-state index contributed by atoms with van der Waals surface area (Å²) in [7, 11) is 1.38. The predicted molar refractivity (Wildman–Crippen MR) is 71.6 cm³/mol. The predicted octanol–water partition coefficient (Wildman–Crippen LogP) is 2.96. The van der Waals surface area contributed by atoms with Gasteiger partial charge in [0.05, 0.1) is 18.8 Å². The molecule has 0 amide bonds. The van der Waals surface area contributed by atoms with Gasteiger partial charge in [-0.05, 0) is 43.4 Å². The van der Waals surface area contributed by atoms with Crippen LogP contribution in [0.3, 0.4) is 0 Å². The summed E-state index contributed by atoms with van der Waals surface area (Å²) in [6, 6.07) is 7.45. The second-order valence-corrected chi connectivity index (χ2v) is 4.52. The fraction of sp³-hybridized carbons (Fsp3) is 0.533. The van der Waals surface area contributed by atoms with Crippen molar-refractivity contribution in [3.05, 3.63) is 35.4 Å². The number of carbonyl (C=O) groups is 1. The standard InChI is InChI=1S/C15H22O3/c1-3-5-14(16)7-4-6-12-8-10-13(11-9-12)15(17)18-2/h8-11,14,16H,3-7H2,1-2H3. The first-order chi connectivity index (χ1) is 8.67. The van der Waals surface area contributed by atoms with Crippen molar-refractivity contribution in [3.8, 4) is 0 Å². The lowest BCUT2D eigenvalue weighted by molar-refractivity contribution is 0.0600. The summed E-state index contributed by atoms with van der Waals surface area (Å²) in [4.78, 5) is 11.2. The molecule has 0 fully saturated rings. The van der Waals surface area contributed by atoms with Crippen LogP contribution in [-0.2, 0) is 11.2 Å². The van der Waals surface area contributed by atoms with Gasteiger partial charge in [0.1, 0.15) is 0 Å². The van der Waals surface area contributed by atoms with Crippen LogP contribution in [0.5, 0.6) is 0 Å². The second kappa shape index (κ2) is 7.88. The number of aliphatic hydroxyl groups excluding tert-OH is 1. The Morgan fingerprint density at radius 2 is 1.94 bits per heavy atom. The van der Waals surface area contributed by atoms with Crippen LogP contribution in [0.25, 0.3) is 0 Å². The Balaban J connectivity index is 2.37. The highest BCUT2D eigenvalue weighted by atomic mass is 16.5. The highest BCUT2D eigenvalue weighted by molar-refractivity contribution is 5.89. The number of hydrogen-bond donors (Lipinski definition) is 1. The molecule has 0 aliphatic heterocycles. The van der Waals surface area contributed by atoms with Gasteiger partial charge in [-0.2, -0.15) is 0 Å². The first kappa shape index (κ1) is 14.7. The van der Waals surface area contributed by atoms with Gasteiger partial charge in [-0.25, -0.2) is 4.79 Å². The number of aryl methyl sites for hydroxylation is 1. The number of aliphatic hydroxyl groups is 1. The van der Waals surface area contributed by atoms with Crippen LogP contribution < -0.4 is 0 Å². The molecule has 1 atom stereocenters. The van der Waals surface area contributed by atoms with E-state index in [2.05, 4.69) is 11.7 Å². The smallest absolute Gasteiger partial charge is 0.337 e. The third-order valence-electron chi connectivity index (χ3n) is 3.00. The van der Waals surface area contributed by atoms with Crippen molar-refractivity contribution in [2.24, 2.45) is 0 Å². The normalized spacial score (nSPS) is 12.2. The molecule has 0 heterocycles. The average Bonchev–Trinajstić information content (AvgIpc) is 2.39. The van der Waals surface area contributed by atoms with Gasteiger partial charge in [0.2, 0.25) is 0 Å². The van der Waals surface area contributed by atoms with E-state index in [0.29, 0.717) is 5.56 Å². The van der Waals surface area contributed by atoms with E-state index in [9.17, 15) is 9.90 Å². The van der Waals surface area contributed by atoms with Gasteiger partial charge in [0, 0.05) is 0 Å². The molecule has 1 aromatic rings. The zero-order valence-electron chi connectivity index (χ0n) is 11.2. The van der Waals surface area contributed by atoms with E-state index in [0.717, 1.165) is 32.1 Å². The molecular formula is C15H22O3. The Bertz CT molecular complexity index is 357. The third-order valence-corrected chi connectivity index (χ3v) is 3.00. The SMILES string of the molecule is CCCC(O)CCCc1ccc(C(=O)OC)cc1. The molecule has 0 saturated carbocycles. The molecule has 1 unspecified atom stereocenters. The van der Waals surface area contributed by atoms with Gasteiger partial charge >= 0.3 is 5.97 Å². The molecule has 1 rings (SSSR count). The summed E-state index contributed by atoms with van der Waals surface area (Å²) in [5, 5.41) is 9.61. The van der Waals surface area contributed by atoms with E-state index >= 15 is 0 Å². The quantitative estimate of drug-likeness (QED) is 0.757. The van der Waals surface area contributed by atoms with Gasteiger partial charge in [-0.1, -0.05) is 25.5 Å². The Kier molecular flexibility index (Phi) is 6.44. The topological polar surface area (TPSA) is 46.5 Å². The fourth-order valence-electron chi connectivity index (χ4n) is 1.94. The lowest BCUT2D eigenvalue weighted by Crippen LogP contribution is -2.06. The minimum absolute atomic E-state index is 0.177. The molecular weight excluding hydrogens is 228 g/mol. The molecule has 3 heteroatoms. The van der Waals surface area contributed by atoms with Gasteiger partial charge in [-0.3, -0.25) is 0 Å². The molecule has 18 heavy (non-hydrogen) atoms. The molecule has 0 aliphatic rings. The molecule has 100 valence electrons. The maximum Gasteiger partial charge on any atom is 0.337 e. The zero-order valence-corrected chi connectivity index (χ0v) is 11.2. The van der Waals surface area contributed by atoms with Crippen molar-refractivity contribution < 1.29 is 14.6 Å². The maximum absolute atomic E-state index is 11.2. The van der Waals surface area contributed by atoms with E-state index in [1.807, 2.05) is 12.1 Å². The van der Waals surface area contributed by atoms with Crippen LogP contribution in [0.15, 0.2) is 24.3 Å². The fourth-order valence-corrected chi connectivity index (χ4v) is 1.94. The first-order valence-electron chi connectivity index (χ1n) is 6.52. The number of hydrogen-bond acceptors (Lipinski definition) is 3. The summed E-state index contributed by atoms with van der Waals surface area (Å²) in [5.41, 5.74) is 1.76. The van der Waals surface area contributed by atoms with E-state index in [1.165, 1.54) is 12.7 Å².